The summed E-state index contributed by atoms with van der Waals surface area (Å²) >= 11 is 0. The molecule has 0 saturated carbocycles. The van der Waals surface area contributed by atoms with E-state index >= 15 is 0 Å². The molecule has 25 heavy (non-hydrogen) atoms. The van der Waals surface area contributed by atoms with Gasteiger partial charge in [0.1, 0.15) is 17.2 Å². The second-order valence-electron chi connectivity index (χ2n) is 5.80. The number of hydrogen-bond donors (Lipinski definition) is 3. The summed E-state index contributed by atoms with van der Waals surface area (Å²) in [6.45, 7) is 2.99. The van der Waals surface area contributed by atoms with Crippen molar-refractivity contribution in [3.8, 4) is 0 Å². The van der Waals surface area contributed by atoms with Gasteiger partial charge in [0, 0.05) is 0 Å². The normalized spacial score (nSPS) is 22.3. The highest BCUT2D eigenvalue weighted by Crippen LogP contribution is 2.34. The van der Waals surface area contributed by atoms with Gasteiger partial charge in [0.05, 0.1) is 24.7 Å². The van der Waals surface area contributed by atoms with Crippen LogP contribution in [0.4, 0.5) is 22.0 Å². The van der Waals surface area contributed by atoms with Crippen molar-refractivity contribution in [2.45, 2.75) is 44.7 Å². The first kappa shape index (κ1) is 19.1. The fourth-order valence-corrected chi connectivity index (χ4v) is 2.57. The summed E-state index contributed by atoms with van der Waals surface area (Å²) in [7, 11) is 0. The number of benzene rings is 1. The van der Waals surface area contributed by atoms with Crippen LogP contribution in [-0.2, 0) is 15.8 Å². The van der Waals surface area contributed by atoms with E-state index in [9.17, 15) is 31.5 Å². The zero-order valence-electron chi connectivity index (χ0n) is 13.3. The van der Waals surface area contributed by atoms with Crippen molar-refractivity contribution < 1.29 is 31.5 Å². The Bertz CT molecular complexity index is 669. The van der Waals surface area contributed by atoms with Crippen LogP contribution in [0.25, 0.3) is 0 Å². The molecule has 2 unspecified atom stereocenters. The third-order valence-corrected chi connectivity index (χ3v) is 3.74. The average molecular weight is 365 g/mol. The Kier molecular flexibility index (Phi) is 5.31. The van der Waals surface area contributed by atoms with Crippen molar-refractivity contribution in [3.63, 3.8) is 0 Å². The van der Waals surface area contributed by atoms with Crippen molar-refractivity contribution in [2.75, 3.05) is 0 Å². The lowest BCUT2D eigenvalue weighted by Crippen LogP contribution is -2.59. The molecule has 0 bridgehead atoms. The van der Waals surface area contributed by atoms with Crippen molar-refractivity contribution >= 4 is 11.8 Å². The fraction of sp³-hybridized carbons (Fsp3) is 0.467. The van der Waals surface area contributed by atoms with Gasteiger partial charge < -0.3 is 10.6 Å². The summed E-state index contributed by atoms with van der Waals surface area (Å²) in [4.78, 5) is 23.6. The molecule has 0 spiro atoms. The summed E-state index contributed by atoms with van der Waals surface area (Å²) in [6, 6.07) is -0.753. The Balaban J connectivity index is 2.14. The van der Waals surface area contributed by atoms with E-state index in [1.807, 2.05) is 0 Å². The number of carbonyl (C=O) groups excluding carboxylic acids is 2. The predicted molar refractivity (Wildman–Crippen MR) is 77.1 cm³/mol. The van der Waals surface area contributed by atoms with Gasteiger partial charge >= 0.3 is 6.18 Å². The van der Waals surface area contributed by atoms with Gasteiger partial charge in [-0.1, -0.05) is 0 Å². The molecule has 1 aliphatic rings. The Hall–Kier alpha value is -2.23. The highest BCUT2D eigenvalue weighted by Gasteiger charge is 2.38. The molecular formula is C15H16F5N3O2. The molecule has 138 valence electrons. The zero-order valence-corrected chi connectivity index (χ0v) is 13.3. The van der Waals surface area contributed by atoms with E-state index in [1.165, 1.54) is 6.92 Å². The lowest BCUT2D eigenvalue weighted by Gasteiger charge is -2.29. The predicted octanol–water partition coefficient (Wildman–Crippen LogP) is 1.98. The maximum absolute atomic E-state index is 13.6. The van der Waals surface area contributed by atoms with Gasteiger partial charge in [-0.25, -0.2) is 8.78 Å². The third-order valence-electron chi connectivity index (χ3n) is 3.74. The molecule has 3 N–H and O–H groups in total. The van der Waals surface area contributed by atoms with Crippen molar-refractivity contribution in [1.82, 2.24) is 16.0 Å². The van der Waals surface area contributed by atoms with E-state index < -0.39 is 47.5 Å². The van der Waals surface area contributed by atoms with Crippen LogP contribution < -0.4 is 16.0 Å². The SMILES string of the molecule is CC1NC(=O)CC(C(=O)N[C@H](C)c2cc(F)c(C(F)(F)F)c(F)c2)N1. The lowest BCUT2D eigenvalue weighted by atomic mass is 10.0. The van der Waals surface area contributed by atoms with Gasteiger partial charge in [0.2, 0.25) is 11.8 Å². The molecule has 3 atom stereocenters. The molecule has 0 aromatic heterocycles. The van der Waals surface area contributed by atoms with Crippen LogP contribution >= 0.6 is 0 Å². The Morgan fingerprint density at radius 1 is 1.28 bits per heavy atom. The monoisotopic (exact) mass is 365 g/mol. The first-order chi connectivity index (χ1) is 11.5. The minimum absolute atomic E-state index is 0.126. The van der Waals surface area contributed by atoms with Crippen LogP contribution in [0.5, 0.6) is 0 Å². The molecule has 1 aromatic rings. The largest absolute Gasteiger partial charge is 0.422 e. The molecule has 5 nitrogen and oxygen atoms in total. The Labute approximate surface area is 140 Å². The number of amides is 2. The summed E-state index contributed by atoms with van der Waals surface area (Å²) in [5.41, 5.74) is -2.14. The molecule has 1 heterocycles. The number of nitrogens with one attached hydrogen (secondary N) is 3. The van der Waals surface area contributed by atoms with Crippen LogP contribution in [0.1, 0.15) is 37.4 Å². The number of rotatable bonds is 3. The van der Waals surface area contributed by atoms with Gasteiger partial charge in [0.15, 0.2) is 0 Å². The summed E-state index contributed by atoms with van der Waals surface area (Å²) < 4.78 is 65.0. The average Bonchev–Trinajstić information content (AvgIpc) is 2.43. The van der Waals surface area contributed by atoms with E-state index in [2.05, 4.69) is 16.0 Å². The van der Waals surface area contributed by atoms with E-state index in [0.29, 0.717) is 12.1 Å². The van der Waals surface area contributed by atoms with E-state index in [4.69, 9.17) is 0 Å². The molecule has 2 rings (SSSR count). The third kappa shape index (κ3) is 4.44. The Morgan fingerprint density at radius 3 is 2.32 bits per heavy atom. The summed E-state index contributed by atoms with van der Waals surface area (Å²) in [5.74, 6) is -4.46. The quantitative estimate of drug-likeness (QED) is 0.718. The standard InChI is InChI=1S/C15H16F5N3O2/c1-6(21-14(25)11-5-12(24)23-7(2)22-11)8-3-9(16)13(10(17)4-8)15(18,19)20/h3-4,6-7,11,22H,5H2,1-2H3,(H,21,25)(H,23,24)/t6-,7?,11?/m1/s1. The van der Waals surface area contributed by atoms with Crippen molar-refractivity contribution in [1.29, 1.82) is 0 Å². The van der Waals surface area contributed by atoms with Crippen molar-refractivity contribution in [3.05, 3.63) is 34.9 Å². The minimum Gasteiger partial charge on any atom is -0.348 e. The molecular weight excluding hydrogens is 349 g/mol. The summed E-state index contributed by atoms with van der Waals surface area (Å²) in [5, 5.41) is 7.79. The number of hydrogen-bond acceptors (Lipinski definition) is 3. The van der Waals surface area contributed by atoms with E-state index in [-0.39, 0.29) is 17.9 Å². The van der Waals surface area contributed by atoms with E-state index in [1.54, 1.807) is 6.92 Å². The molecule has 2 amide bonds. The highest BCUT2D eigenvalue weighted by molar-refractivity contribution is 5.89. The Morgan fingerprint density at radius 2 is 1.84 bits per heavy atom. The fourth-order valence-electron chi connectivity index (χ4n) is 2.57. The van der Waals surface area contributed by atoms with E-state index in [0.717, 1.165) is 0 Å². The van der Waals surface area contributed by atoms with Crippen LogP contribution in [0.3, 0.4) is 0 Å². The van der Waals surface area contributed by atoms with Gasteiger partial charge in [-0.2, -0.15) is 13.2 Å². The lowest BCUT2D eigenvalue weighted by molar-refractivity contribution is -0.142. The highest BCUT2D eigenvalue weighted by atomic mass is 19.4. The first-order valence-electron chi connectivity index (χ1n) is 7.41. The summed E-state index contributed by atoms with van der Waals surface area (Å²) in [6.07, 6.45) is -5.72. The van der Waals surface area contributed by atoms with Gasteiger partial charge in [-0.05, 0) is 31.5 Å². The second kappa shape index (κ2) is 6.95. The number of carbonyl (C=O) groups is 2. The molecule has 1 aliphatic heterocycles. The molecule has 1 fully saturated rings. The first-order valence-corrected chi connectivity index (χ1v) is 7.41. The van der Waals surface area contributed by atoms with Crippen LogP contribution in [0.2, 0.25) is 0 Å². The smallest absolute Gasteiger partial charge is 0.348 e. The number of alkyl halides is 3. The molecule has 0 aliphatic carbocycles. The zero-order chi connectivity index (χ0) is 18.9. The molecule has 0 radical (unpaired) electrons. The maximum Gasteiger partial charge on any atom is 0.422 e. The van der Waals surface area contributed by atoms with Crippen LogP contribution in [0, 0.1) is 11.6 Å². The van der Waals surface area contributed by atoms with Gasteiger partial charge in [0.25, 0.3) is 0 Å². The van der Waals surface area contributed by atoms with Crippen molar-refractivity contribution in [2.24, 2.45) is 0 Å². The molecule has 1 saturated heterocycles. The number of halogens is 5. The van der Waals surface area contributed by atoms with Gasteiger partial charge in [-0.15, -0.1) is 0 Å². The topological polar surface area (TPSA) is 70.2 Å². The van der Waals surface area contributed by atoms with Gasteiger partial charge in [-0.3, -0.25) is 14.9 Å². The molecule has 10 heteroatoms. The molecule has 1 aromatic carbocycles. The minimum atomic E-state index is -5.16. The maximum atomic E-state index is 13.6. The van der Waals surface area contributed by atoms with Crippen LogP contribution in [0.15, 0.2) is 12.1 Å². The van der Waals surface area contributed by atoms with Crippen LogP contribution in [-0.4, -0.2) is 24.0 Å². The second-order valence-corrected chi connectivity index (χ2v) is 5.80.